The Balaban J connectivity index is 1.57. The van der Waals surface area contributed by atoms with E-state index in [0.29, 0.717) is 6.54 Å². The lowest BCUT2D eigenvalue weighted by Crippen LogP contribution is -2.06. The van der Waals surface area contributed by atoms with E-state index in [1.54, 1.807) is 0 Å². The van der Waals surface area contributed by atoms with E-state index >= 15 is 0 Å². The Morgan fingerprint density at radius 2 is 2.04 bits per heavy atom. The number of fused-ring (bicyclic) bond motifs is 1. The lowest BCUT2D eigenvalue weighted by atomic mass is 10.1. The van der Waals surface area contributed by atoms with Gasteiger partial charge in [-0.15, -0.1) is 5.10 Å². The van der Waals surface area contributed by atoms with Gasteiger partial charge in [0.05, 0.1) is 0 Å². The third-order valence-corrected chi connectivity index (χ3v) is 5.17. The number of nitrogens with one attached hydrogen (secondary N) is 1. The summed E-state index contributed by atoms with van der Waals surface area (Å²) in [7, 11) is 0. The van der Waals surface area contributed by atoms with E-state index in [1.165, 1.54) is 36.8 Å². The third kappa shape index (κ3) is 3.79. The van der Waals surface area contributed by atoms with Crippen LogP contribution in [0.15, 0.2) is 36.4 Å². The van der Waals surface area contributed by atoms with Crippen LogP contribution in [-0.2, 0) is 13.0 Å². The van der Waals surface area contributed by atoms with Crippen LogP contribution in [0.3, 0.4) is 0 Å². The number of aromatic nitrogens is 3. The summed E-state index contributed by atoms with van der Waals surface area (Å²) in [5.41, 5.74) is 4.72. The van der Waals surface area contributed by atoms with E-state index in [0.717, 1.165) is 29.4 Å². The van der Waals surface area contributed by atoms with Crippen LogP contribution < -0.4 is 5.32 Å². The minimum absolute atomic E-state index is 0.270. The van der Waals surface area contributed by atoms with Gasteiger partial charge in [-0.2, -0.15) is 4.98 Å². The zero-order valence-corrected chi connectivity index (χ0v) is 15.3. The number of rotatable bonds is 7. The molecular formula is C20H23ClN4. The van der Waals surface area contributed by atoms with Gasteiger partial charge in [0.15, 0.2) is 5.82 Å². The Hall–Kier alpha value is -2.07. The van der Waals surface area contributed by atoms with Crippen LogP contribution in [-0.4, -0.2) is 14.6 Å². The fourth-order valence-electron chi connectivity index (χ4n) is 3.35. The Kier molecular flexibility index (Phi) is 4.62. The quantitative estimate of drug-likeness (QED) is 0.646. The highest BCUT2D eigenvalue weighted by molar-refractivity contribution is 6.28. The molecule has 1 aliphatic carbocycles. The van der Waals surface area contributed by atoms with Gasteiger partial charge in [0, 0.05) is 12.2 Å². The summed E-state index contributed by atoms with van der Waals surface area (Å²) in [5, 5.41) is 8.08. The molecule has 0 spiro atoms. The van der Waals surface area contributed by atoms with Gasteiger partial charge in [-0.25, -0.2) is 4.52 Å². The monoisotopic (exact) mass is 354 g/mol. The molecule has 0 unspecified atom stereocenters. The molecule has 1 aromatic carbocycles. The smallest absolute Gasteiger partial charge is 0.243 e. The lowest BCUT2D eigenvalue weighted by Gasteiger charge is -2.08. The summed E-state index contributed by atoms with van der Waals surface area (Å²) in [6, 6.07) is 12.5. The first kappa shape index (κ1) is 16.4. The second-order valence-corrected chi connectivity index (χ2v) is 7.29. The fraction of sp³-hybridized carbons (Fsp3) is 0.400. The molecule has 1 aliphatic rings. The number of hydrogen-bond donors (Lipinski definition) is 1. The molecule has 3 aromatic rings. The van der Waals surface area contributed by atoms with Crippen molar-refractivity contribution >= 4 is 22.9 Å². The van der Waals surface area contributed by atoms with Crippen LogP contribution in [0.1, 0.15) is 42.5 Å². The number of hydrogen-bond acceptors (Lipinski definition) is 3. The molecule has 2 aromatic heterocycles. The zero-order valence-electron chi connectivity index (χ0n) is 14.5. The molecule has 0 bridgehead atoms. The van der Waals surface area contributed by atoms with Crippen molar-refractivity contribution in [3.63, 3.8) is 0 Å². The van der Waals surface area contributed by atoms with Crippen LogP contribution >= 0.6 is 11.6 Å². The lowest BCUT2D eigenvalue weighted by molar-refractivity contribution is 0.664. The largest absolute Gasteiger partial charge is 0.364 e. The maximum absolute atomic E-state index is 6.16. The van der Waals surface area contributed by atoms with Crippen molar-refractivity contribution in [2.24, 2.45) is 5.92 Å². The molecule has 5 heteroatoms. The van der Waals surface area contributed by atoms with Crippen LogP contribution in [0.25, 0.3) is 5.52 Å². The summed E-state index contributed by atoms with van der Waals surface area (Å²) in [5.74, 6) is 1.77. The number of halogens is 1. The highest BCUT2D eigenvalue weighted by Crippen LogP contribution is 2.34. The predicted octanol–water partition coefficient (Wildman–Crippen LogP) is 5.04. The average molecular weight is 355 g/mol. The van der Waals surface area contributed by atoms with Crippen molar-refractivity contribution in [1.82, 2.24) is 14.6 Å². The highest BCUT2D eigenvalue weighted by atomic mass is 35.5. The van der Waals surface area contributed by atoms with E-state index in [9.17, 15) is 0 Å². The van der Waals surface area contributed by atoms with Gasteiger partial charge in [0.25, 0.3) is 0 Å². The van der Waals surface area contributed by atoms with Crippen LogP contribution in [0, 0.1) is 12.8 Å². The van der Waals surface area contributed by atoms with E-state index in [2.05, 4.69) is 40.5 Å². The van der Waals surface area contributed by atoms with Gasteiger partial charge in [0.2, 0.25) is 5.28 Å². The Morgan fingerprint density at radius 3 is 2.80 bits per heavy atom. The molecule has 2 heterocycles. The molecule has 0 amide bonds. The summed E-state index contributed by atoms with van der Waals surface area (Å²) in [6.45, 7) is 2.83. The van der Waals surface area contributed by atoms with Gasteiger partial charge in [0.1, 0.15) is 5.52 Å². The minimum atomic E-state index is 0.270. The second-order valence-electron chi connectivity index (χ2n) is 6.96. The van der Waals surface area contributed by atoms with Crippen molar-refractivity contribution < 1.29 is 0 Å². The number of aryl methyl sites for hydroxylation is 2. The van der Waals surface area contributed by atoms with Crippen molar-refractivity contribution in [3.8, 4) is 0 Å². The number of benzene rings is 1. The van der Waals surface area contributed by atoms with Crippen LogP contribution in [0.5, 0.6) is 0 Å². The summed E-state index contributed by atoms with van der Waals surface area (Å²) in [4.78, 5) is 4.41. The molecule has 0 radical (unpaired) electrons. The van der Waals surface area contributed by atoms with Crippen molar-refractivity contribution in [2.45, 2.75) is 45.6 Å². The minimum Gasteiger partial charge on any atom is -0.364 e. The summed E-state index contributed by atoms with van der Waals surface area (Å²) < 4.78 is 1.93. The van der Waals surface area contributed by atoms with E-state index in [4.69, 9.17) is 11.6 Å². The predicted molar refractivity (Wildman–Crippen MR) is 102 cm³/mol. The van der Waals surface area contributed by atoms with Crippen molar-refractivity contribution in [2.75, 3.05) is 5.32 Å². The first-order valence-corrected chi connectivity index (χ1v) is 9.41. The first-order valence-electron chi connectivity index (χ1n) is 9.03. The normalized spacial score (nSPS) is 14.2. The Morgan fingerprint density at radius 1 is 1.24 bits per heavy atom. The molecule has 1 N–H and O–H groups in total. The van der Waals surface area contributed by atoms with Crippen LogP contribution in [0.2, 0.25) is 5.28 Å². The number of nitrogens with zero attached hydrogens (tertiary/aromatic N) is 3. The van der Waals surface area contributed by atoms with Gasteiger partial charge < -0.3 is 5.32 Å². The molecule has 4 nitrogen and oxygen atoms in total. The first-order chi connectivity index (χ1) is 12.2. The van der Waals surface area contributed by atoms with Crippen molar-refractivity contribution in [3.05, 3.63) is 58.5 Å². The fourth-order valence-corrected chi connectivity index (χ4v) is 3.51. The molecule has 0 saturated heterocycles. The van der Waals surface area contributed by atoms with Crippen molar-refractivity contribution in [1.29, 1.82) is 0 Å². The molecule has 1 fully saturated rings. The molecule has 130 valence electrons. The van der Waals surface area contributed by atoms with E-state index in [-0.39, 0.29) is 5.28 Å². The van der Waals surface area contributed by atoms with Gasteiger partial charge in [-0.05, 0) is 54.5 Å². The van der Waals surface area contributed by atoms with E-state index < -0.39 is 0 Å². The molecule has 0 atom stereocenters. The summed E-state index contributed by atoms with van der Waals surface area (Å²) >= 11 is 6.16. The molecule has 25 heavy (non-hydrogen) atoms. The topological polar surface area (TPSA) is 42.2 Å². The maximum Gasteiger partial charge on any atom is 0.243 e. The van der Waals surface area contributed by atoms with Gasteiger partial charge in [-0.1, -0.05) is 49.6 Å². The molecule has 4 rings (SSSR count). The maximum atomic E-state index is 6.16. The number of anilines is 1. The standard InChI is InChI=1S/C20H23ClN4/c1-14-17(9-5-8-15-10-11-15)12-18-19(23-20(21)24-25(14)18)22-13-16-6-3-2-4-7-16/h2-4,6-7,12,15H,5,8-11,13H2,1H3,(H,22,23,24). The SMILES string of the molecule is Cc1c(CCCC2CC2)cc2c(NCc3ccccc3)nc(Cl)nn12. The third-order valence-electron chi connectivity index (χ3n) is 5.01. The van der Waals surface area contributed by atoms with E-state index in [1.807, 2.05) is 22.7 Å². The highest BCUT2D eigenvalue weighted by Gasteiger charge is 2.21. The summed E-state index contributed by atoms with van der Waals surface area (Å²) in [6.07, 6.45) is 6.53. The molecular weight excluding hydrogens is 332 g/mol. The molecule has 1 saturated carbocycles. The van der Waals surface area contributed by atoms with Gasteiger partial charge >= 0.3 is 0 Å². The molecule has 0 aliphatic heterocycles. The Labute approximate surface area is 153 Å². The van der Waals surface area contributed by atoms with Crippen LogP contribution in [0.4, 0.5) is 5.82 Å². The zero-order chi connectivity index (χ0) is 17.2. The van der Waals surface area contributed by atoms with Gasteiger partial charge in [-0.3, -0.25) is 0 Å². The average Bonchev–Trinajstić information content (AvgIpc) is 3.39. The Bertz CT molecular complexity index is 868. The second kappa shape index (κ2) is 7.04.